The Morgan fingerprint density at radius 3 is 2.40 bits per heavy atom. The van der Waals surface area contributed by atoms with Gasteiger partial charge in [0, 0.05) is 6.04 Å². The van der Waals surface area contributed by atoms with Crippen LogP contribution in [0.4, 0.5) is 0 Å². The van der Waals surface area contributed by atoms with E-state index in [4.69, 9.17) is 10.5 Å². The smallest absolute Gasteiger partial charge is 0.0686 e. The quantitative estimate of drug-likeness (QED) is 0.580. The van der Waals surface area contributed by atoms with Gasteiger partial charge in [0.25, 0.3) is 0 Å². The zero-order valence-corrected chi connectivity index (χ0v) is 6.82. The Bertz CT molecular complexity index is 115. The maximum Gasteiger partial charge on any atom is 0.0686 e. The van der Waals surface area contributed by atoms with Gasteiger partial charge in [-0.2, -0.15) is 0 Å². The van der Waals surface area contributed by atoms with Crippen molar-refractivity contribution < 1.29 is 4.74 Å². The molecule has 60 valence electrons. The number of nitrogens with two attached hydrogens (primary N) is 1. The van der Waals surface area contributed by atoms with Gasteiger partial charge >= 0.3 is 0 Å². The van der Waals surface area contributed by atoms with Crippen molar-refractivity contribution >= 4 is 12.4 Å². The van der Waals surface area contributed by atoms with Crippen LogP contribution in [0.5, 0.6) is 0 Å². The molecule has 10 heavy (non-hydrogen) atoms. The number of hydrogen-bond acceptors (Lipinski definition) is 2. The lowest BCUT2D eigenvalue weighted by molar-refractivity contribution is -0.0140. The molecule has 0 aromatic carbocycles. The molecule has 1 heterocycles. The zero-order valence-electron chi connectivity index (χ0n) is 6.01. The Kier molecular flexibility index (Phi) is 2.23. The van der Waals surface area contributed by atoms with Gasteiger partial charge in [-0.05, 0) is 25.7 Å². The van der Waals surface area contributed by atoms with E-state index in [2.05, 4.69) is 0 Å². The molecule has 1 spiro atoms. The molecule has 0 amide bonds. The van der Waals surface area contributed by atoms with Crippen LogP contribution < -0.4 is 5.73 Å². The highest BCUT2D eigenvalue weighted by Gasteiger charge is 2.45. The number of hydrogen-bond donors (Lipinski definition) is 1. The highest BCUT2D eigenvalue weighted by atomic mass is 35.5. The molecule has 1 aliphatic heterocycles. The molecule has 1 aliphatic carbocycles. The topological polar surface area (TPSA) is 35.2 Å². The van der Waals surface area contributed by atoms with Crippen molar-refractivity contribution in [2.75, 3.05) is 6.61 Å². The van der Waals surface area contributed by atoms with E-state index in [1.807, 2.05) is 0 Å². The normalized spacial score (nSPS) is 35.1. The molecule has 1 saturated carbocycles. The highest BCUT2D eigenvalue weighted by Crippen LogP contribution is 2.45. The second kappa shape index (κ2) is 2.68. The molecule has 2 N–H and O–H groups in total. The molecular weight excluding hydrogens is 150 g/mol. The second-order valence-corrected chi connectivity index (χ2v) is 3.29. The second-order valence-electron chi connectivity index (χ2n) is 3.29. The van der Waals surface area contributed by atoms with E-state index in [1.165, 1.54) is 25.7 Å². The summed E-state index contributed by atoms with van der Waals surface area (Å²) in [5.41, 5.74) is 5.99. The fraction of sp³-hybridized carbons (Fsp3) is 1.00. The van der Waals surface area contributed by atoms with Crippen LogP contribution in [0.1, 0.15) is 25.7 Å². The molecule has 0 radical (unpaired) electrons. The Labute approximate surface area is 67.5 Å². The number of ether oxygens (including phenoxy) is 1. The van der Waals surface area contributed by atoms with Crippen molar-refractivity contribution in [3.63, 3.8) is 0 Å². The minimum Gasteiger partial charge on any atom is -0.373 e. The molecule has 2 nitrogen and oxygen atoms in total. The van der Waals surface area contributed by atoms with Crippen LogP contribution in [-0.2, 0) is 4.74 Å². The van der Waals surface area contributed by atoms with Crippen molar-refractivity contribution in [3.05, 3.63) is 0 Å². The molecule has 1 unspecified atom stereocenters. The van der Waals surface area contributed by atoms with E-state index in [1.54, 1.807) is 0 Å². The summed E-state index contributed by atoms with van der Waals surface area (Å²) in [6.07, 6.45) is 4.92. The first kappa shape index (κ1) is 8.31. The molecule has 0 aromatic heterocycles. The van der Waals surface area contributed by atoms with Crippen LogP contribution in [0.15, 0.2) is 0 Å². The maximum absolute atomic E-state index is 5.66. The van der Waals surface area contributed by atoms with Crippen molar-refractivity contribution in [2.45, 2.75) is 37.3 Å². The van der Waals surface area contributed by atoms with Gasteiger partial charge in [0.05, 0.1) is 12.2 Å². The van der Waals surface area contributed by atoms with Gasteiger partial charge in [-0.15, -0.1) is 12.4 Å². The third-order valence-corrected chi connectivity index (χ3v) is 2.38. The molecule has 1 atom stereocenters. The van der Waals surface area contributed by atoms with Gasteiger partial charge < -0.3 is 10.5 Å². The van der Waals surface area contributed by atoms with Crippen LogP contribution >= 0.6 is 12.4 Å². The van der Waals surface area contributed by atoms with E-state index in [0.29, 0.717) is 11.6 Å². The first-order valence-electron chi connectivity index (χ1n) is 3.70. The van der Waals surface area contributed by atoms with Gasteiger partial charge in [-0.3, -0.25) is 0 Å². The van der Waals surface area contributed by atoms with E-state index in [0.717, 1.165) is 6.61 Å². The minimum atomic E-state index is 0. The predicted molar refractivity (Wildman–Crippen MR) is 42.4 cm³/mol. The van der Waals surface area contributed by atoms with E-state index in [9.17, 15) is 0 Å². The van der Waals surface area contributed by atoms with Crippen molar-refractivity contribution in [3.8, 4) is 0 Å². The third kappa shape index (κ3) is 1.44. The van der Waals surface area contributed by atoms with Gasteiger partial charge in [-0.25, -0.2) is 0 Å². The fourth-order valence-electron chi connectivity index (χ4n) is 1.42. The Balaban J connectivity index is 0.000000500. The zero-order chi connectivity index (χ0) is 6.32. The number of rotatable bonds is 0. The van der Waals surface area contributed by atoms with Crippen LogP contribution in [0.2, 0.25) is 0 Å². The number of halogens is 1. The molecule has 1 saturated heterocycles. The lowest BCUT2D eigenvalue weighted by Crippen LogP contribution is -2.36. The molecule has 3 heteroatoms. The van der Waals surface area contributed by atoms with E-state index >= 15 is 0 Å². The molecule has 2 fully saturated rings. The average Bonchev–Trinajstić information content (AvgIpc) is 2.60. The summed E-state index contributed by atoms with van der Waals surface area (Å²) in [5.74, 6) is 0. The molecule has 0 bridgehead atoms. The Morgan fingerprint density at radius 2 is 2.00 bits per heavy atom. The molecule has 2 rings (SSSR count). The van der Waals surface area contributed by atoms with Gasteiger partial charge in [-0.1, -0.05) is 0 Å². The lowest BCUT2D eigenvalue weighted by Gasteiger charge is -2.26. The Hall–Kier alpha value is 0.210. The van der Waals surface area contributed by atoms with Crippen molar-refractivity contribution in [1.29, 1.82) is 0 Å². The lowest BCUT2D eigenvalue weighted by atomic mass is 10.0. The minimum absolute atomic E-state index is 0. The highest BCUT2D eigenvalue weighted by molar-refractivity contribution is 5.85. The summed E-state index contributed by atoms with van der Waals surface area (Å²) in [6, 6.07) is 0.316. The predicted octanol–water partition coefficient (Wildman–Crippen LogP) is 1.08. The first-order chi connectivity index (χ1) is 4.31. The summed E-state index contributed by atoms with van der Waals surface area (Å²) in [5, 5.41) is 0. The maximum atomic E-state index is 5.66. The fourth-order valence-corrected chi connectivity index (χ4v) is 1.42. The standard InChI is InChI=1S/C7H13NO.ClH/c8-6-1-2-7(3-4-7)9-5-6;/h6H,1-5,8H2;1H. The van der Waals surface area contributed by atoms with Crippen LogP contribution in [0, 0.1) is 0 Å². The Morgan fingerprint density at radius 1 is 1.30 bits per heavy atom. The first-order valence-corrected chi connectivity index (χ1v) is 3.70. The molecule has 2 aliphatic rings. The summed E-state index contributed by atoms with van der Waals surface area (Å²) in [6.45, 7) is 0.792. The van der Waals surface area contributed by atoms with E-state index < -0.39 is 0 Å². The van der Waals surface area contributed by atoms with Gasteiger partial charge in [0.2, 0.25) is 0 Å². The van der Waals surface area contributed by atoms with E-state index in [-0.39, 0.29) is 12.4 Å². The summed E-state index contributed by atoms with van der Waals surface area (Å²) in [4.78, 5) is 0. The van der Waals surface area contributed by atoms with Crippen molar-refractivity contribution in [1.82, 2.24) is 0 Å². The largest absolute Gasteiger partial charge is 0.373 e. The SMILES string of the molecule is Cl.NC1CCC2(CC2)OC1. The summed E-state index contributed by atoms with van der Waals surface area (Å²) < 4.78 is 5.56. The van der Waals surface area contributed by atoms with Crippen molar-refractivity contribution in [2.24, 2.45) is 5.73 Å². The van der Waals surface area contributed by atoms with Gasteiger partial charge in [0.15, 0.2) is 0 Å². The summed E-state index contributed by atoms with van der Waals surface area (Å²) >= 11 is 0. The molecular formula is C7H14ClNO. The van der Waals surface area contributed by atoms with Crippen LogP contribution in [-0.4, -0.2) is 18.2 Å². The third-order valence-electron chi connectivity index (χ3n) is 2.38. The van der Waals surface area contributed by atoms with Gasteiger partial charge in [0.1, 0.15) is 0 Å². The average molecular weight is 164 g/mol. The monoisotopic (exact) mass is 163 g/mol. The van der Waals surface area contributed by atoms with Crippen LogP contribution in [0.3, 0.4) is 0 Å². The van der Waals surface area contributed by atoms with Crippen LogP contribution in [0.25, 0.3) is 0 Å². The molecule has 0 aromatic rings. The summed E-state index contributed by atoms with van der Waals surface area (Å²) in [7, 11) is 0.